The fraction of sp³-hybridized carbons (Fsp3) is 0.579. The fourth-order valence-corrected chi connectivity index (χ4v) is 6.43. The molecule has 140 valence electrons. The summed E-state index contributed by atoms with van der Waals surface area (Å²) in [5.74, 6) is 1.11. The van der Waals surface area contributed by atoms with E-state index in [0.29, 0.717) is 24.5 Å². The van der Waals surface area contributed by atoms with Crippen molar-refractivity contribution in [1.82, 2.24) is 9.21 Å². The van der Waals surface area contributed by atoms with Crippen LogP contribution >= 0.6 is 0 Å². The van der Waals surface area contributed by atoms with Gasteiger partial charge in [-0.15, -0.1) is 0 Å². The van der Waals surface area contributed by atoms with E-state index in [-0.39, 0.29) is 17.7 Å². The summed E-state index contributed by atoms with van der Waals surface area (Å²) in [7, 11) is -3.52. The lowest BCUT2D eigenvalue weighted by Crippen LogP contribution is -2.47. The molecule has 7 heteroatoms. The number of hydrogen-bond acceptors (Lipinski definition) is 4. The molecule has 1 saturated heterocycles. The molecule has 1 aromatic carbocycles. The van der Waals surface area contributed by atoms with Crippen molar-refractivity contribution in [2.75, 3.05) is 19.6 Å². The monoisotopic (exact) mass is 375 g/mol. The maximum atomic E-state index is 13.1. The second kappa shape index (κ2) is 6.16. The zero-order valence-corrected chi connectivity index (χ0v) is 16.1. The number of benzene rings is 1. The highest BCUT2D eigenvalue weighted by atomic mass is 32.2. The zero-order valence-electron chi connectivity index (χ0n) is 15.3. The molecular weight excluding hydrogens is 350 g/mol. The van der Waals surface area contributed by atoms with Crippen LogP contribution in [0.4, 0.5) is 0 Å². The van der Waals surface area contributed by atoms with Crippen LogP contribution in [0.15, 0.2) is 40.2 Å². The summed E-state index contributed by atoms with van der Waals surface area (Å²) in [6.45, 7) is 5.47. The van der Waals surface area contributed by atoms with E-state index in [9.17, 15) is 13.2 Å². The second-order valence-corrected chi connectivity index (χ2v) is 9.33. The van der Waals surface area contributed by atoms with Crippen molar-refractivity contribution >= 4 is 21.8 Å². The number of nitrogens with zero attached hydrogens (tertiary/aromatic N) is 3. The molecule has 2 aliphatic heterocycles. The first kappa shape index (κ1) is 17.7. The molecule has 3 aliphatic rings. The summed E-state index contributed by atoms with van der Waals surface area (Å²) in [5, 5.41) is 0. The number of likely N-dealkylation sites (N-methyl/N-ethyl adjacent to an activating group) is 1. The Morgan fingerprint density at radius 1 is 1.19 bits per heavy atom. The zero-order chi connectivity index (χ0) is 18.5. The molecule has 3 atom stereocenters. The molecule has 1 spiro atoms. The molecule has 2 heterocycles. The van der Waals surface area contributed by atoms with E-state index in [0.717, 1.165) is 25.1 Å². The predicted molar refractivity (Wildman–Crippen MR) is 99.3 cm³/mol. The molecule has 1 saturated carbocycles. The Balaban J connectivity index is 1.64. The Bertz CT molecular complexity index is 852. The minimum Gasteiger partial charge on any atom is -0.299 e. The maximum Gasteiger partial charge on any atom is 0.256 e. The molecule has 6 nitrogen and oxygen atoms in total. The molecule has 1 amide bonds. The maximum absolute atomic E-state index is 13.1. The summed E-state index contributed by atoms with van der Waals surface area (Å²) < 4.78 is 27.5. The topological polar surface area (TPSA) is 70.0 Å². The number of carbonyl (C=O) groups excluding carboxylic acids is 1. The number of carbonyl (C=O) groups is 1. The van der Waals surface area contributed by atoms with Gasteiger partial charge in [0.15, 0.2) is 0 Å². The summed E-state index contributed by atoms with van der Waals surface area (Å²) in [4.78, 5) is 20.1. The van der Waals surface area contributed by atoms with Crippen LogP contribution in [-0.4, -0.2) is 54.5 Å². The SMILES string of the molecule is CCC1=N[C@@]2(CC[C@@H]3CN(S(=O)(=O)c4ccccc4)C[C@@H]32)C(=O)N1CC. The molecule has 0 radical (unpaired) electrons. The van der Waals surface area contributed by atoms with Gasteiger partial charge in [0.25, 0.3) is 5.91 Å². The van der Waals surface area contributed by atoms with E-state index in [2.05, 4.69) is 0 Å². The van der Waals surface area contributed by atoms with Crippen molar-refractivity contribution < 1.29 is 13.2 Å². The van der Waals surface area contributed by atoms with E-state index < -0.39 is 15.6 Å². The van der Waals surface area contributed by atoms with Crippen LogP contribution < -0.4 is 0 Å². The second-order valence-electron chi connectivity index (χ2n) is 7.40. The third-order valence-electron chi connectivity index (χ3n) is 6.19. The van der Waals surface area contributed by atoms with Crippen molar-refractivity contribution in [1.29, 1.82) is 0 Å². The molecule has 0 bridgehead atoms. The summed E-state index contributed by atoms with van der Waals surface area (Å²) in [6, 6.07) is 8.55. The molecule has 1 aromatic rings. The van der Waals surface area contributed by atoms with Crippen LogP contribution in [0.3, 0.4) is 0 Å². The molecule has 1 aliphatic carbocycles. The van der Waals surface area contributed by atoms with Crippen LogP contribution in [0.25, 0.3) is 0 Å². The van der Waals surface area contributed by atoms with E-state index in [1.807, 2.05) is 19.9 Å². The van der Waals surface area contributed by atoms with Gasteiger partial charge in [-0.2, -0.15) is 4.31 Å². The largest absolute Gasteiger partial charge is 0.299 e. The van der Waals surface area contributed by atoms with Crippen LogP contribution in [0.2, 0.25) is 0 Å². The molecule has 2 fully saturated rings. The highest BCUT2D eigenvalue weighted by Crippen LogP contribution is 2.51. The number of rotatable bonds is 4. The van der Waals surface area contributed by atoms with Gasteiger partial charge in [-0.3, -0.25) is 14.7 Å². The summed E-state index contributed by atoms with van der Waals surface area (Å²) in [6.07, 6.45) is 2.32. The average Bonchev–Trinajstić information content (AvgIpc) is 3.30. The van der Waals surface area contributed by atoms with Gasteiger partial charge in [0.2, 0.25) is 10.0 Å². The highest BCUT2D eigenvalue weighted by Gasteiger charge is 2.61. The Kier molecular flexibility index (Phi) is 4.19. The van der Waals surface area contributed by atoms with Gasteiger partial charge < -0.3 is 0 Å². The molecule has 0 N–H and O–H groups in total. The lowest BCUT2D eigenvalue weighted by Gasteiger charge is -2.27. The summed E-state index contributed by atoms with van der Waals surface area (Å²) in [5.41, 5.74) is -0.743. The fourth-order valence-electron chi connectivity index (χ4n) is 4.88. The molecule has 26 heavy (non-hydrogen) atoms. The van der Waals surface area contributed by atoms with Crippen molar-refractivity contribution in [3.63, 3.8) is 0 Å². The minimum atomic E-state index is -3.52. The molecular formula is C19H25N3O3S. The number of sulfonamides is 1. The van der Waals surface area contributed by atoms with E-state index >= 15 is 0 Å². The Labute approximate surface area is 154 Å². The minimum absolute atomic E-state index is 0.0217. The number of fused-ring (bicyclic) bond motifs is 2. The number of hydrogen-bond donors (Lipinski definition) is 0. The van der Waals surface area contributed by atoms with Gasteiger partial charge in [0.1, 0.15) is 11.4 Å². The highest BCUT2D eigenvalue weighted by molar-refractivity contribution is 7.89. The van der Waals surface area contributed by atoms with E-state index in [1.54, 1.807) is 33.5 Å². The van der Waals surface area contributed by atoms with Crippen LogP contribution in [0, 0.1) is 11.8 Å². The normalized spacial score (nSPS) is 31.7. The smallest absolute Gasteiger partial charge is 0.256 e. The van der Waals surface area contributed by atoms with Crippen LogP contribution in [0.1, 0.15) is 33.1 Å². The van der Waals surface area contributed by atoms with Gasteiger partial charge >= 0.3 is 0 Å². The first-order chi connectivity index (χ1) is 12.4. The van der Waals surface area contributed by atoms with Gasteiger partial charge in [0.05, 0.1) is 4.90 Å². The molecule has 0 unspecified atom stereocenters. The third kappa shape index (κ3) is 2.36. The van der Waals surface area contributed by atoms with Gasteiger partial charge in [-0.05, 0) is 37.8 Å². The number of aliphatic imine (C=N–C) groups is 1. The Morgan fingerprint density at radius 3 is 2.54 bits per heavy atom. The first-order valence-electron chi connectivity index (χ1n) is 9.40. The average molecular weight is 375 g/mol. The molecule has 0 aromatic heterocycles. The van der Waals surface area contributed by atoms with E-state index in [4.69, 9.17) is 4.99 Å². The quantitative estimate of drug-likeness (QED) is 0.809. The van der Waals surface area contributed by atoms with Crippen LogP contribution in [0.5, 0.6) is 0 Å². The van der Waals surface area contributed by atoms with E-state index in [1.165, 1.54) is 0 Å². The Morgan fingerprint density at radius 2 is 1.92 bits per heavy atom. The first-order valence-corrected chi connectivity index (χ1v) is 10.8. The molecule has 4 rings (SSSR count). The number of amides is 1. The third-order valence-corrected chi connectivity index (χ3v) is 8.03. The standard InChI is InChI=1S/C19H25N3O3S/c1-3-17-20-19(18(23)22(17)4-2)11-10-14-12-21(13-16(14)19)26(24,25)15-8-6-5-7-9-15/h5-9,14,16H,3-4,10-13H2,1-2H3/t14-,16+,19-/m1/s1. The van der Waals surface area contributed by atoms with Crippen molar-refractivity contribution in [2.45, 2.75) is 43.5 Å². The van der Waals surface area contributed by atoms with Crippen molar-refractivity contribution in [3.05, 3.63) is 30.3 Å². The van der Waals surface area contributed by atoms with Crippen molar-refractivity contribution in [2.24, 2.45) is 16.8 Å². The Hall–Kier alpha value is -1.73. The number of amidine groups is 1. The van der Waals surface area contributed by atoms with Crippen molar-refractivity contribution in [3.8, 4) is 0 Å². The van der Waals surface area contributed by atoms with Gasteiger partial charge in [0, 0.05) is 32.0 Å². The van der Waals surface area contributed by atoms with Gasteiger partial charge in [-0.25, -0.2) is 8.42 Å². The predicted octanol–water partition coefficient (Wildman–Crippen LogP) is 2.13. The van der Waals surface area contributed by atoms with Crippen LogP contribution in [-0.2, 0) is 14.8 Å². The lowest BCUT2D eigenvalue weighted by atomic mass is 9.85. The van der Waals surface area contributed by atoms with Gasteiger partial charge in [-0.1, -0.05) is 25.1 Å². The lowest BCUT2D eigenvalue weighted by molar-refractivity contribution is -0.132. The summed E-state index contributed by atoms with van der Waals surface area (Å²) >= 11 is 0.